The van der Waals surface area contributed by atoms with E-state index in [1.807, 2.05) is 17.5 Å². The normalized spacial score (nSPS) is 14.5. The van der Waals surface area contributed by atoms with Crippen LogP contribution in [0.4, 0.5) is 5.69 Å². The summed E-state index contributed by atoms with van der Waals surface area (Å²) in [6.07, 6.45) is 0.146. The first-order valence-electron chi connectivity index (χ1n) is 9.75. The van der Waals surface area contributed by atoms with E-state index in [1.54, 1.807) is 6.92 Å². The molecule has 3 heterocycles. The highest BCUT2D eigenvalue weighted by atomic mass is 32.2. The second kappa shape index (κ2) is 8.81. The minimum absolute atomic E-state index is 0.0732. The van der Waals surface area contributed by atoms with E-state index in [4.69, 9.17) is 9.26 Å². The zero-order valence-electron chi connectivity index (χ0n) is 17.3. The lowest BCUT2D eigenvalue weighted by Gasteiger charge is -2.22. The van der Waals surface area contributed by atoms with Gasteiger partial charge >= 0.3 is 0 Å². The highest BCUT2D eigenvalue weighted by Crippen LogP contribution is 2.35. The average Bonchev–Trinajstić information content (AvgIpc) is 3.53. The highest BCUT2D eigenvalue weighted by Gasteiger charge is 2.34. The Hall–Kier alpha value is -3.09. The van der Waals surface area contributed by atoms with E-state index in [2.05, 4.69) is 10.1 Å². The summed E-state index contributed by atoms with van der Waals surface area (Å²) in [6.45, 7) is 1.70. The van der Waals surface area contributed by atoms with E-state index in [0.717, 1.165) is 9.78 Å². The van der Waals surface area contributed by atoms with Gasteiger partial charge < -0.3 is 9.26 Å². The van der Waals surface area contributed by atoms with Gasteiger partial charge in [-0.25, -0.2) is 13.3 Å². The van der Waals surface area contributed by atoms with Crippen molar-refractivity contribution in [3.63, 3.8) is 0 Å². The molecule has 0 bridgehead atoms. The highest BCUT2D eigenvalue weighted by molar-refractivity contribution is 7.89. The Morgan fingerprint density at radius 3 is 2.59 bits per heavy atom. The van der Waals surface area contributed by atoms with Gasteiger partial charge in [0, 0.05) is 19.4 Å². The quantitative estimate of drug-likeness (QED) is 0.455. The van der Waals surface area contributed by atoms with Gasteiger partial charge in [-0.05, 0) is 29.6 Å². The number of nitrogens with zero attached hydrogens (tertiary/aromatic N) is 4. The lowest BCUT2D eigenvalue weighted by atomic mass is 10.2. The van der Waals surface area contributed by atoms with Gasteiger partial charge in [0.25, 0.3) is 0 Å². The molecule has 168 valence electrons. The van der Waals surface area contributed by atoms with Crippen molar-refractivity contribution in [2.24, 2.45) is 0 Å². The summed E-state index contributed by atoms with van der Waals surface area (Å²) in [7, 11) is -2.62. The molecule has 0 N–H and O–H groups in total. The maximum absolute atomic E-state index is 13.3. The third kappa shape index (κ3) is 4.04. The number of benzene rings is 1. The SMILES string of the molecule is CCN(Cc1nc(-c2cccs2)no1)S(=O)(=O)c1ccc(OC)c(N2C(=O)CCC2=O)c1. The molecule has 10 nitrogen and oxygen atoms in total. The van der Waals surface area contributed by atoms with Crippen LogP contribution in [0.1, 0.15) is 25.7 Å². The van der Waals surface area contributed by atoms with Crippen molar-refractivity contribution in [2.75, 3.05) is 18.6 Å². The van der Waals surface area contributed by atoms with Crippen LogP contribution in [0.15, 0.2) is 45.1 Å². The van der Waals surface area contributed by atoms with Gasteiger partial charge in [-0.2, -0.15) is 9.29 Å². The molecule has 0 unspecified atom stereocenters. The van der Waals surface area contributed by atoms with Crippen molar-refractivity contribution < 1.29 is 27.3 Å². The average molecular weight is 477 g/mol. The number of carbonyl (C=O) groups excluding carboxylic acids is 2. The van der Waals surface area contributed by atoms with Crippen molar-refractivity contribution in [2.45, 2.75) is 31.2 Å². The van der Waals surface area contributed by atoms with Crippen molar-refractivity contribution in [3.05, 3.63) is 41.6 Å². The van der Waals surface area contributed by atoms with E-state index >= 15 is 0 Å². The number of ether oxygens (including phenoxy) is 1. The number of methoxy groups -OCH3 is 1. The van der Waals surface area contributed by atoms with Gasteiger partial charge in [0.15, 0.2) is 0 Å². The van der Waals surface area contributed by atoms with Crippen LogP contribution in [0.3, 0.4) is 0 Å². The molecule has 0 spiro atoms. The zero-order valence-corrected chi connectivity index (χ0v) is 19.0. The number of imide groups is 1. The number of aromatic nitrogens is 2. The van der Waals surface area contributed by atoms with Crippen molar-refractivity contribution >= 4 is 38.9 Å². The number of anilines is 1. The largest absolute Gasteiger partial charge is 0.495 e. The summed E-state index contributed by atoms with van der Waals surface area (Å²) < 4.78 is 38.4. The Morgan fingerprint density at radius 2 is 1.97 bits per heavy atom. The third-order valence-electron chi connectivity index (χ3n) is 4.95. The first-order valence-corrected chi connectivity index (χ1v) is 12.1. The lowest BCUT2D eigenvalue weighted by molar-refractivity contribution is -0.121. The van der Waals surface area contributed by atoms with Gasteiger partial charge in [0.1, 0.15) is 5.75 Å². The fourth-order valence-corrected chi connectivity index (χ4v) is 5.41. The smallest absolute Gasteiger partial charge is 0.243 e. The number of sulfonamides is 1. The maximum Gasteiger partial charge on any atom is 0.243 e. The van der Waals surface area contributed by atoms with E-state index in [9.17, 15) is 18.0 Å². The molecule has 0 saturated carbocycles. The summed E-state index contributed by atoms with van der Waals surface area (Å²) in [4.78, 5) is 30.4. The first kappa shape index (κ1) is 22.1. The fraction of sp³-hybridized carbons (Fsp3) is 0.300. The molecule has 1 aliphatic heterocycles. The number of thiophene rings is 1. The molecule has 12 heteroatoms. The fourth-order valence-electron chi connectivity index (χ4n) is 3.34. The molecular formula is C20H20N4O6S2. The molecular weight excluding hydrogens is 456 g/mol. The molecule has 1 saturated heterocycles. The minimum atomic E-state index is -4.00. The Balaban J connectivity index is 1.65. The molecule has 1 fully saturated rings. The number of amides is 2. The summed E-state index contributed by atoms with van der Waals surface area (Å²) in [5.41, 5.74) is 0.106. The number of hydrogen-bond donors (Lipinski definition) is 0. The van der Waals surface area contributed by atoms with Gasteiger partial charge in [0.2, 0.25) is 33.6 Å². The van der Waals surface area contributed by atoms with Crippen molar-refractivity contribution in [3.8, 4) is 16.5 Å². The van der Waals surface area contributed by atoms with Crippen LogP contribution in [0, 0.1) is 0 Å². The minimum Gasteiger partial charge on any atom is -0.495 e. The molecule has 0 atom stereocenters. The molecule has 1 aliphatic rings. The number of hydrogen-bond acceptors (Lipinski definition) is 9. The van der Waals surface area contributed by atoms with Gasteiger partial charge in [-0.15, -0.1) is 11.3 Å². The van der Waals surface area contributed by atoms with Gasteiger partial charge in [0.05, 0.1) is 29.1 Å². The standard InChI is InChI=1S/C20H20N4O6S2/c1-3-23(12-17-21-20(22-30-17)16-5-4-10-31-16)32(27,28)13-6-7-15(29-2)14(11-13)24-18(25)8-9-19(24)26/h4-7,10-11H,3,8-9,12H2,1-2H3. The lowest BCUT2D eigenvalue weighted by Crippen LogP contribution is -2.32. The maximum atomic E-state index is 13.3. The van der Waals surface area contributed by atoms with Gasteiger partial charge in [-0.3, -0.25) is 9.59 Å². The summed E-state index contributed by atoms with van der Waals surface area (Å²) in [5.74, 6) is -0.0314. The van der Waals surface area contributed by atoms with Crippen LogP contribution < -0.4 is 9.64 Å². The Labute approximate surface area is 188 Å². The van der Waals surface area contributed by atoms with E-state index in [1.165, 1.54) is 41.0 Å². The molecule has 2 aromatic heterocycles. The van der Waals surface area contributed by atoms with Crippen LogP contribution in [-0.2, 0) is 26.2 Å². The van der Waals surface area contributed by atoms with Crippen LogP contribution in [-0.4, -0.2) is 48.3 Å². The Kier molecular flexibility index (Phi) is 6.09. The topological polar surface area (TPSA) is 123 Å². The first-order chi connectivity index (χ1) is 15.3. The summed E-state index contributed by atoms with van der Waals surface area (Å²) in [5, 5.41) is 5.79. The Morgan fingerprint density at radius 1 is 1.22 bits per heavy atom. The van der Waals surface area contributed by atoms with Crippen LogP contribution >= 0.6 is 11.3 Å². The van der Waals surface area contributed by atoms with Crippen LogP contribution in [0.2, 0.25) is 0 Å². The predicted octanol–water partition coefficient (Wildman–Crippen LogP) is 2.67. The van der Waals surface area contributed by atoms with E-state index in [-0.39, 0.29) is 48.2 Å². The molecule has 0 radical (unpaired) electrons. The monoisotopic (exact) mass is 476 g/mol. The molecule has 3 aromatic rings. The third-order valence-corrected chi connectivity index (χ3v) is 7.74. The molecule has 2 amide bonds. The van der Waals surface area contributed by atoms with Gasteiger partial charge in [-0.1, -0.05) is 18.1 Å². The molecule has 32 heavy (non-hydrogen) atoms. The summed E-state index contributed by atoms with van der Waals surface area (Å²) in [6, 6.07) is 7.78. The zero-order chi connectivity index (χ0) is 22.9. The number of carbonyl (C=O) groups is 2. The molecule has 4 rings (SSSR count). The second-order valence-electron chi connectivity index (χ2n) is 6.88. The molecule has 1 aromatic carbocycles. The van der Waals surface area contributed by atoms with Crippen molar-refractivity contribution in [1.29, 1.82) is 0 Å². The van der Waals surface area contributed by atoms with Crippen LogP contribution in [0.25, 0.3) is 10.7 Å². The summed E-state index contributed by atoms with van der Waals surface area (Å²) >= 11 is 1.45. The Bertz CT molecular complexity index is 1240. The molecule has 0 aliphatic carbocycles. The van der Waals surface area contributed by atoms with E-state index < -0.39 is 21.8 Å². The predicted molar refractivity (Wildman–Crippen MR) is 116 cm³/mol. The second-order valence-corrected chi connectivity index (χ2v) is 9.76. The van der Waals surface area contributed by atoms with Crippen molar-refractivity contribution in [1.82, 2.24) is 14.4 Å². The van der Waals surface area contributed by atoms with E-state index in [0.29, 0.717) is 5.82 Å². The van der Waals surface area contributed by atoms with Crippen LogP contribution in [0.5, 0.6) is 5.75 Å². The number of rotatable bonds is 8.